The molecule has 56 heavy (non-hydrogen) atoms. The molecule has 5 heterocycles. The first-order valence-electron chi connectivity index (χ1n) is 20.7. The number of nitrogens with zero attached hydrogens (tertiary/aromatic N) is 1. The smallest absolute Gasteiger partial charge is 0.244 e. The summed E-state index contributed by atoms with van der Waals surface area (Å²) in [6.45, 7) is 6.27. The number of aliphatic hydroxyl groups excluding tert-OH is 2. The average Bonchev–Trinajstić information content (AvgIpc) is 3.75. The van der Waals surface area contributed by atoms with Gasteiger partial charge in [-0.25, -0.2) is 0 Å². The van der Waals surface area contributed by atoms with Crippen LogP contribution in [0.4, 0.5) is 0 Å². The van der Waals surface area contributed by atoms with Gasteiger partial charge in [0.15, 0.2) is 5.78 Å². The summed E-state index contributed by atoms with van der Waals surface area (Å²) in [7, 11) is 1.66. The van der Waals surface area contributed by atoms with Crippen molar-refractivity contribution in [2.75, 3.05) is 33.5 Å². The molecule has 3 saturated carbocycles. The molecule has 0 radical (unpaired) electrons. The highest BCUT2D eigenvalue weighted by molar-refractivity contribution is 5.96. The van der Waals surface area contributed by atoms with Crippen LogP contribution in [-0.4, -0.2) is 134 Å². The summed E-state index contributed by atoms with van der Waals surface area (Å²) in [6.07, 6.45) is 1.27. The maximum atomic E-state index is 14.7. The Morgan fingerprint density at radius 3 is 2.55 bits per heavy atom. The van der Waals surface area contributed by atoms with E-state index >= 15 is 0 Å². The average molecular weight is 779 g/mol. The predicted molar refractivity (Wildman–Crippen MR) is 198 cm³/mol. The van der Waals surface area contributed by atoms with Crippen molar-refractivity contribution in [3.8, 4) is 23.7 Å². The zero-order valence-corrected chi connectivity index (χ0v) is 33.0. The van der Waals surface area contributed by atoms with Gasteiger partial charge < -0.3 is 49.7 Å². The lowest BCUT2D eigenvalue weighted by atomic mass is 9.38. The van der Waals surface area contributed by atoms with Crippen molar-refractivity contribution in [3.05, 3.63) is 11.6 Å². The zero-order valence-electron chi connectivity index (χ0n) is 33.0. The molecule has 5 aliphatic heterocycles. The van der Waals surface area contributed by atoms with E-state index in [1.54, 1.807) is 18.1 Å². The Kier molecular flexibility index (Phi) is 8.76. The fraction of sp³-hybridized carbons (Fsp3) is 0.814. The Labute approximate surface area is 328 Å². The van der Waals surface area contributed by atoms with E-state index in [9.17, 15) is 40.2 Å². The summed E-state index contributed by atoms with van der Waals surface area (Å²) in [4.78, 5) is 31.0. The van der Waals surface area contributed by atoms with Gasteiger partial charge in [0.1, 0.15) is 29.6 Å². The zero-order chi connectivity index (χ0) is 39.9. The Bertz CT molecular complexity index is 1860. The molecular weight excluding hydrogens is 720 g/mol. The molecule has 0 aromatic carbocycles. The highest BCUT2D eigenvalue weighted by Gasteiger charge is 2.81. The third kappa shape index (κ3) is 4.70. The first-order chi connectivity index (χ1) is 26.4. The summed E-state index contributed by atoms with van der Waals surface area (Å²) < 4.78 is 17.7. The predicted octanol–water partition coefficient (Wildman–Crippen LogP) is 0.521. The molecule has 15 atom stereocenters. The van der Waals surface area contributed by atoms with Crippen LogP contribution in [0.5, 0.6) is 0 Å². The Morgan fingerprint density at radius 2 is 1.80 bits per heavy atom. The summed E-state index contributed by atoms with van der Waals surface area (Å²) in [6, 6.07) is -0.199. The van der Waals surface area contributed by atoms with E-state index in [4.69, 9.17) is 14.2 Å². The minimum absolute atomic E-state index is 0.0179. The van der Waals surface area contributed by atoms with Crippen LogP contribution in [-0.2, 0) is 23.8 Å². The maximum absolute atomic E-state index is 14.7. The van der Waals surface area contributed by atoms with Crippen molar-refractivity contribution >= 4 is 11.7 Å². The van der Waals surface area contributed by atoms with Crippen molar-refractivity contribution in [2.45, 2.75) is 145 Å². The molecule has 0 aromatic rings. The third-order valence-electron chi connectivity index (χ3n) is 17.2. The lowest BCUT2D eigenvalue weighted by Crippen LogP contribution is -2.73. The molecule has 13 nitrogen and oxygen atoms in total. The molecule has 6 fully saturated rings. The first-order valence-corrected chi connectivity index (χ1v) is 20.7. The minimum atomic E-state index is -3.06. The third-order valence-corrected chi connectivity index (χ3v) is 17.2. The number of hydrogen-bond donors (Lipinski definition) is 7. The van der Waals surface area contributed by atoms with Crippen molar-refractivity contribution in [1.29, 1.82) is 0 Å². The molecule has 13 heteroatoms. The van der Waals surface area contributed by atoms with Crippen LogP contribution >= 0.6 is 0 Å². The summed E-state index contributed by atoms with van der Waals surface area (Å²) >= 11 is 0. The topological polar surface area (TPSA) is 198 Å². The molecule has 3 saturated heterocycles. The highest BCUT2D eigenvalue weighted by atomic mass is 16.6. The maximum Gasteiger partial charge on any atom is 0.244 e. The number of methoxy groups -OCH3 is 1. The fourth-order valence-corrected chi connectivity index (χ4v) is 13.7. The number of fused-ring (bicyclic) bond motifs is 4. The molecule has 0 aromatic heterocycles. The molecule has 10 rings (SSSR count). The second-order valence-electron chi connectivity index (χ2n) is 19.3. The van der Waals surface area contributed by atoms with Crippen LogP contribution in [0, 0.1) is 63.1 Å². The normalized spacial score (nSPS) is 52.0. The molecular formula is C43H58N2O11. The molecule has 7 N–H and O–H groups in total. The number of aliphatic hydroxyl groups is 6. The number of nitrogens with one attached hydrogen (secondary N) is 1. The van der Waals surface area contributed by atoms with Gasteiger partial charge in [-0.1, -0.05) is 25.7 Å². The van der Waals surface area contributed by atoms with Crippen LogP contribution in [0.2, 0.25) is 0 Å². The number of piperidine rings is 1. The summed E-state index contributed by atoms with van der Waals surface area (Å²) in [5, 5.41) is 77.1. The molecule has 10 aliphatic rings. The number of ether oxygens (including phenoxy) is 3. The van der Waals surface area contributed by atoms with Gasteiger partial charge in [0.25, 0.3) is 0 Å². The van der Waals surface area contributed by atoms with E-state index in [0.717, 1.165) is 6.42 Å². The van der Waals surface area contributed by atoms with Crippen LogP contribution < -0.4 is 5.32 Å². The van der Waals surface area contributed by atoms with E-state index in [-0.39, 0.29) is 55.9 Å². The van der Waals surface area contributed by atoms with Gasteiger partial charge in [0.2, 0.25) is 11.7 Å². The van der Waals surface area contributed by atoms with Gasteiger partial charge in [-0.05, 0) is 87.7 Å². The number of carbonyl (C=O) groups is 2. The summed E-state index contributed by atoms with van der Waals surface area (Å²) in [5.41, 5.74) is -9.90. The summed E-state index contributed by atoms with van der Waals surface area (Å²) in [5.74, 6) is 8.26. The van der Waals surface area contributed by atoms with E-state index in [1.807, 2.05) is 6.92 Å². The minimum Gasteiger partial charge on any atom is -0.396 e. The van der Waals surface area contributed by atoms with Crippen LogP contribution in [0.1, 0.15) is 91.4 Å². The number of allylic oxidation sites excluding steroid dienone is 1. The monoisotopic (exact) mass is 778 g/mol. The standard InChI is InChI=1S/C43H58N2O11/c1-36-13-9-26(55-19-7-18-54-4)20-29(36)30(47)21-31-39(36)10-5-8-25-23-45(25)35(49)40-11-6-12-41(16-17-42(31,51)37(41,2)14-15-39)38(3,50)43(52,53)33-28(24-46)27(22-40)32(56-33)34(48)44-40/h21,25-29,32-34,44,46,48,50-53H,7-9,11,13-20,22-24H2,1-4H3/t25-,26+,27-,28-,29+,32+,33+,34-,36+,37-,38+,39+,40-,41+,42-,45?/m1/s1. The van der Waals surface area contributed by atoms with Gasteiger partial charge in [0.05, 0.1) is 28.6 Å². The quantitative estimate of drug-likeness (QED) is 0.0856. The second kappa shape index (κ2) is 12.6. The van der Waals surface area contributed by atoms with Gasteiger partial charge in [-0.15, -0.1) is 11.8 Å². The number of carbonyl (C=O) groups excluding carboxylic acids is 2. The van der Waals surface area contributed by atoms with Crippen molar-refractivity contribution in [3.63, 3.8) is 0 Å². The van der Waals surface area contributed by atoms with E-state index in [0.29, 0.717) is 57.4 Å². The number of rotatable bonds is 6. The van der Waals surface area contributed by atoms with E-state index in [1.165, 1.54) is 6.92 Å². The largest absolute Gasteiger partial charge is 0.396 e. The van der Waals surface area contributed by atoms with Gasteiger partial charge in [-0.3, -0.25) is 14.9 Å². The van der Waals surface area contributed by atoms with E-state index < -0.39 is 87.0 Å². The lowest BCUT2D eigenvalue weighted by Gasteiger charge is -2.66. The Morgan fingerprint density at radius 1 is 1.02 bits per heavy atom. The fourth-order valence-electron chi connectivity index (χ4n) is 13.7. The van der Waals surface area contributed by atoms with Crippen LogP contribution in [0.15, 0.2) is 11.6 Å². The molecule has 7 bridgehead atoms. The van der Waals surface area contributed by atoms with Crippen molar-refractivity contribution < 1.29 is 54.4 Å². The Hall–Kier alpha value is -2.40. The SMILES string of the molecule is COCCCO[C@H]1CC[C@@]2(C)[C@@H](C1)C(=O)C=C1[C@]3(O)CC[C@]45C#CC[C@@]6(C[C@@H]7[C@@H](CO)[C@H](O[C@@H]7[C@@H](O)N6)C(O)(O)[C@@]4(C)O)C(=O)N4C[C@H]4CC#C[C@]12CC[C@]53C. The molecule has 3 spiro atoms. The number of amides is 1. The van der Waals surface area contributed by atoms with Gasteiger partial charge in [-0.2, -0.15) is 0 Å². The van der Waals surface area contributed by atoms with Crippen LogP contribution in [0.25, 0.3) is 0 Å². The molecule has 306 valence electrons. The number of hydrogen-bond acceptors (Lipinski definition) is 12. The lowest BCUT2D eigenvalue weighted by molar-refractivity contribution is -0.356. The molecule has 5 aliphatic carbocycles. The molecule has 0 unspecified atom stereocenters. The first kappa shape index (κ1) is 39.1. The number of ketones is 1. The van der Waals surface area contributed by atoms with E-state index in [2.05, 4.69) is 35.9 Å². The van der Waals surface area contributed by atoms with Crippen LogP contribution in [0.3, 0.4) is 0 Å². The Balaban J connectivity index is 1.24. The van der Waals surface area contributed by atoms with Crippen molar-refractivity contribution in [2.24, 2.45) is 39.4 Å². The van der Waals surface area contributed by atoms with Gasteiger partial charge in [0, 0.05) is 63.6 Å². The van der Waals surface area contributed by atoms with Gasteiger partial charge >= 0.3 is 0 Å². The van der Waals surface area contributed by atoms with Crippen molar-refractivity contribution in [1.82, 2.24) is 10.2 Å². The second-order valence-corrected chi connectivity index (χ2v) is 19.3. The highest BCUT2D eigenvalue weighted by Crippen LogP contribution is 2.77. The molecule has 1 amide bonds.